The van der Waals surface area contributed by atoms with Crippen LogP contribution in [0, 0.1) is 5.41 Å². The van der Waals surface area contributed by atoms with E-state index in [4.69, 9.17) is 4.74 Å². The predicted molar refractivity (Wildman–Crippen MR) is 66.7 cm³/mol. The first kappa shape index (κ1) is 14.7. The molecule has 5 nitrogen and oxygen atoms in total. The van der Waals surface area contributed by atoms with Gasteiger partial charge in [-0.2, -0.15) is 0 Å². The van der Waals surface area contributed by atoms with Gasteiger partial charge in [0.1, 0.15) is 11.2 Å². The fraction of sp³-hybridized carbons (Fsp3) is 0.385. The standard InChI is InChI=1S/C13H18O5/c1-18-12(17)13(8-14,9-15)11(16)7-10-5-3-2-4-6-10/h2-7,12,14-17H,8-9H2,1H3. The molecule has 1 unspecified atom stereocenters. The van der Waals surface area contributed by atoms with Gasteiger partial charge in [-0.15, -0.1) is 0 Å². The number of rotatable bonds is 6. The minimum atomic E-state index is -1.63. The third kappa shape index (κ3) is 2.88. The Morgan fingerprint density at radius 3 is 2.28 bits per heavy atom. The smallest absolute Gasteiger partial charge is 0.171 e. The summed E-state index contributed by atoms with van der Waals surface area (Å²) >= 11 is 0. The van der Waals surface area contributed by atoms with Gasteiger partial charge in [0.25, 0.3) is 0 Å². The molecule has 1 rings (SSSR count). The van der Waals surface area contributed by atoms with Crippen LogP contribution >= 0.6 is 0 Å². The second-order valence-corrected chi connectivity index (χ2v) is 4.00. The van der Waals surface area contributed by atoms with E-state index < -0.39 is 24.9 Å². The molecule has 0 saturated heterocycles. The molecule has 0 aliphatic rings. The van der Waals surface area contributed by atoms with E-state index in [9.17, 15) is 20.4 Å². The van der Waals surface area contributed by atoms with Crippen molar-refractivity contribution in [3.63, 3.8) is 0 Å². The SMILES string of the molecule is COC(O)C(CO)(CO)C(O)=Cc1ccccc1. The van der Waals surface area contributed by atoms with Crippen LogP contribution in [0.25, 0.3) is 6.08 Å². The number of hydrogen-bond acceptors (Lipinski definition) is 5. The molecule has 0 heterocycles. The zero-order chi connectivity index (χ0) is 13.6. The summed E-state index contributed by atoms with van der Waals surface area (Å²) < 4.78 is 4.69. The van der Waals surface area contributed by atoms with Crippen molar-refractivity contribution in [1.29, 1.82) is 0 Å². The molecule has 1 atom stereocenters. The Morgan fingerprint density at radius 2 is 1.83 bits per heavy atom. The summed E-state index contributed by atoms with van der Waals surface area (Å²) in [5.74, 6) is -0.340. The molecule has 1 aromatic carbocycles. The van der Waals surface area contributed by atoms with Crippen LogP contribution in [0.4, 0.5) is 0 Å². The Labute approximate surface area is 106 Å². The Bertz CT molecular complexity index is 384. The third-order valence-corrected chi connectivity index (χ3v) is 2.87. The van der Waals surface area contributed by atoms with Crippen LogP contribution in [0.5, 0.6) is 0 Å². The van der Waals surface area contributed by atoms with Gasteiger partial charge in [-0.3, -0.25) is 0 Å². The quantitative estimate of drug-likeness (QED) is 0.439. The van der Waals surface area contributed by atoms with Gasteiger partial charge < -0.3 is 25.2 Å². The largest absolute Gasteiger partial charge is 0.511 e. The van der Waals surface area contributed by atoms with Crippen molar-refractivity contribution in [3.8, 4) is 0 Å². The number of benzene rings is 1. The monoisotopic (exact) mass is 254 g/mol. The second-order valence-electron chi connectivity index (χ2n) is 4.00. The molecule has 0 saturated carbocycles. The summed E-state index contributed by atoms with van der Waals surface area (Å²) in [6.45, 7) is -1.29. The molecule has 0 aliphatic carbocycles. The summed E-state index contributed by atoms with van der Waals surface area (Å²) in [4.78, 5) is 0. The van der Waals surface area contributed by atoms with Gasteiger partial charge in [-0.1, -0.05) is 30.3 Å². The van der Waals surface area contributed by atoms with Gasteiger partial charge in [-0.25, -0.2) is 0 Å². The molecule has 0 aliphatic heterocycles. The van der Waals surface area contributed by atoms with Crippen molar-refractivity contribution >= 4 is 6.08 Å². The summed E-state index contributed by atoms with van der Waals surface area (Å²) in [5, 5.41) is 38.3. The highest BCUT2D eigenvalue weighted by Gasteiger charge is 2.42. The molecule has 0 aromatic heterocycles. The van der Waals surface area contributed by atoms with Gasteiger partial charge in [-0.05, 0) is 11.6 Å². The Kier molecular flexibility index (Phi) is 5.30. The molecule has 0 fully saturated rings. The third-order valence-electron chi connectivity index (χ3n) is 2.87. The van der Waals surface area contributed by atoms with Gasteiger partial charge in [0.2, 0.25) is 0 Å². The van der Waals surface area contributed by atoms with E-state index >= 15 is 0 Å². The first-order valence-electron chi connectivity index (χ1n) is 5.49. The second kappa shape index (κ2) is 6.51. The fourth-order valence-electron chi connectivity index (χ4n) is 1.57. The van der Waals surface area contributed by atoms with Gasteiger partial charge >= 0.3 is 0 Å². The first-order chi connectivity index (χ1) is 8.60. The number of aliphatic hydroxyl groups excluding tert-OH is 4. The maximum absolute atomic E-state index is 10.0. The molecule has 100 valence electrons. The Morgan fingerprint density at radius 1 is 1.28 bits per heavy atom. The maximum atomic E-state index is 10.0. The molecular weight excluding hydrogens is 236 g/mol. The van der Waals surface area contributed by atoms with Crippen LogP contribution in [0.1, 0.15) is 5.56 Å². The average Bonchev–Trinajstić information content (AvgIpc) is 2.41. The van der Waals surface area contributed by atoms with Crippen LogP contribution in [0.3, 0.4) is 0 Å². The van der Waals surface area contributed by atoms with E-state index in [1.54, 1.807) is 24.3 Å². The highest BCUT2D eigenvalue weighted by atomic mass is 16.6. The van der Waals surface area contributed by atoms with Gasteiger partial charge in [0.05, 0.1) is 13.2 Å². The van der Waals surface area contributed by atoms with Crippen LogP contribution < -0.4 is 0 Å². The lowest BCUT2D eigenvalue weighted by atomic mass is 9.85. The van der Waals surface area contributed by atoms with E-state index in [1.807, 2.05) is 6.07 Å². The average molecular weight is 254 g/mol. The lowest BCUT2D eigenvalue weighted by Gasteiger charge is -2.32. The maximum Gasteiger partial charge on any atom is 0.171 e. The van der Waals surface area contributed by atoms with E-state index in [-0.39, 0.29) is 5.76 Å². The fourth-order valence-corrected chi connectivity index (χ4v) is 1.57. The minimum Gasteiger partial charge on any atom is -0.511 e. The minimum absolute atomic E-state index is 0.340. The van der Waals surface area contributed by atoms with Crippen molar-refractivity contribution in [2.45, 2.75) is 6.29 Å². The van der Waals surface area contributed by atoms with Crippen molar-refractivity contribution in [3.05, 3.63) is 41.7 Å². The van der Waals surface area contributed by atoms with Crippen molar-refractivity contribution in [2.75, 3.05) is 20.3 Å². The highest BCUT2D eigenvalue weighted by Crippen LogP contribution is 2.31. The van der Waals surface area contributed by atoms with Crippen molar-refractivity contribution < 1.29 is 25.2 Å². The summed E-state index contributed by atoms with van der Waals surface area (Å²) in [5.41, 5.74) is -0.950. The molecule has 0 bridgehead atoms. The Balaban J connectivity index is 3.10. The number of aliphatic hydroxyl groups is 4. The molecule has 0 radical (unpaired) electrons. The topological polar surface area (TPSA) is 90.2 Å². The van der Waals surface area contributed by atoms with Crippen LogP contribution in [-0.2, 0) is 4.74 Å². The normalized spacial score (nSPS) is 14.6. The summed E-state index contributed by atoms with van der Waals surface area (Å²) in [7, 11) is 1.22. The molecule has 1 aromatic rings. The summed E-state index contributed by atoms with van der Waals surface area (Å²) in [6.07, 6.45) is -0.137. The Hall–Kier alpha value is -1.40. The van der Waals surface area contributed by atoms with Crippen molar-refractivity contribution in [1.82, 2.24) is 0 Å². The number of ether oxygens (including phenoxy) is 1. The zero-order valence-corrected chi connectivity index (χ0v) is 10.2. The first-order valence-corrected chi connectivity index (χ1v) is 5.49. The van der Waals surface area contributed by atoms with E-state index in [0.717, 1.165) is 0 Å². The number of hydrogen-bond donors (Lipinski definition) is 4. The zero-order valence-electron chi connectivity index (χ0n) is 10.2. The lowest BCUT2D eigenvalue weighted by Crippen LogP contribution is -2.44. The van der Waals surface area contributed by atoms with Crippen LogP contribution in [0.15, 0.2) is 36.1 Å². The molecule has 0 amide bonds. The van der Waals surface area contributed by atoms with Crippen LogP contribution in [0.2, 0.25) is 0 Å². The van der Waals surface area contributed by atoms with E-state index in [0.29, 0.717) is 5.56 Å². The molecular formula is C13H18O5. The van der Waals surface area contributed by atoms with Crippen molar-refractivity contribution in [2.24, 2.45) is 5.41 Å². The molecule has 18 heavy (non-hydrogen) atoms. The van der Waals surface area contributed by atoms with E-state index in [2.05, 4.69) is 0 Å². The van der Waals surface area contributed by atoms with Gasteiger partial charge in [0.15, 0.2) is 6.29 Å². The van der Waals surface area contributed by atoms with Gasteiger partial charge in [0, 0.05) is 7.11 Å². The van der Waals surface area contributed by atoms with Crippen LogP contribution in [-0.4, -0.2) is 47.0 Å². The number of methoxy groups -OCH3 is 1. The lowest BCUT2D eigenvalue weighted by molar-refractivity contribution is -0.180. The predicted octanol–water partition coefficient (Wildman–Crippen LogP) is 0.521. The molecule has 5 heteroatoms. The highest BCUT2D eigenvalue weighted by molar-refractivity contribution is 5.52. The summed E-state index contributed by atoms with van der Waals surface area (Å²) in [6, 6.07) is 8.88. The van der Waals surface area contributed by atoms with E-state index in [1.165, 1.54) is 13.2 Å². The molecule has 4 N–H and O–H groups in total. The molecule has 0 spiro atoms.